The maximum Gasteiger partial charge on any atom is 0.269 e. The van der Waals surface area contributed by atoms with Crippen molar-refractivity contribution in [3.63, 3.8) is 0 Å². The molecule has 1 aromatic heterocycles. The first kappa shape index (κ1) is 17.2. The van der Waals surface area contributed by atoms with Crippen molar-refractivity contribution in [2.45, 2.75) is 38.9 Å². The van der Waals surface area contributed by atoms with E-state index in [0.717, 1.165) is 44.8 Å². The minimum absolute atomic E-state index is 0.100. The Morgan fingerprint density at radius 3 is 2.71 bits per heavy atom. The topological polar surface area (TPSA) is 63.7 Å². The molecule has 2 unspecified atom stereocenters. The minimum Gasteiger partial charge on any atom is -0.378 e. The normalized spacial score (nSPS) is 27.8. The molecule has 2 atom stereocenters. The molecule has 2 fully saturated rings. The van der Waals surface area contributed by atoms with Gasteiger partial charge < -0.3 is 19.7 Å². The van der Waals surface area contributed by atoms with Crippen LogP contribution in [0.25, 0.3) is 0 Å². The number of ether oxygens (including phenoxy) is 2. The average Bonchev–Trinajstić information content (AvgIpc) is 2.60. The molecule has 0 saturated carbocycles. The number of pyridine rings is 1. The zero-order chi connectivity index (χ0) is 16.9. The summed E-state index contributed by atoms with van der Waals surface area (Å²) in [6.07, 6.45) is 4.22. The summed E-state index contributed by atoms with van der Waals surface area (Å²) in [6.45, 7) is 8.02. The van der Waals surface area contributed by atoms with Gasteiger partial charge in [0.05, 0.1) is 25.4 Å². The van der Waals surface area contributed by atoms with Crippen molar-refractivity contribution in [3.8, 4) is 0 Å². The fourth-order valence-electron chi connectivity index (χ4n) is 3.60. The zero-order valence-corrected chi connectivity index (χ0v) is 14.5. The van der Waals surface area contributed by atoms with E-state index in [1.807, 2.05) is 12.1 Å². The van der Waals surface area contributed by atoms with Crippen LogP contribution in [0.15, 0.2) is 18.3 Å². The maximum absolute atomic E-state index is 12.4. The van der Waals surface area contributed by atoms with Crippen LogP contribution in [0.2, 0.25) is 0 Å². The van der Waals surface area contributed by atoms with Crippen molar-refractivity contribution < 1.29 is 14.3 Å². The highest BCUT2D eigenvalue weighted by Gasteiger charge is 2.25. The first-order valence-electron chi connectivity index (χ1n) is 8.84. The maximum atomic E-state index is 12.4. The van der Waals surface area contributed by atoms with E-state index >= 15 is 0 Å². The van der Waals surface area contributed by atoms with Crippen LogP contribution >= 0.6 is 0 Å². The minimum atomic E-state index is -0.100. The van der Waals surface area contributed by atoms with Crippen LogP contribution in [0, 0.1) is 5.92 Å². The quantitative estimate of drug-likeness (QED) is 0.911. The molecule has 2 aliphatic rings. The third kappa shape index (κ3) is 4.45. The second kappa shape index (κ2) is 7.94. The Morgan fingerprint density at radius 1 is 1.29 bits per heavy atom. The van der Waals surface area contributed by atoms with E-state index in [-0.39, 0.29) is 18.1 Å². The molecular weight excluding hydrogens is 306 g/mol. The molecule has 132 valence electrons. The summed E-state index contributed by atoms with van der Waals surface area (Å²) in [4.78, 5) is 18.9. The predicted molar refractivity (Wildman–Crippen MR) is 92.3 cm³/mol. The first-order chi connectivity index (χ1) is 11.6. The summed E-state index contributed by atoms with van der Waals surface area (Å²) in [5, 5.41) is 3.04. The van der Waals surface area contributed by atoms with Gasteiger partial charge in [-0.3, -0.25) is 9.78 Å². The number of rotatable bonds is 4. The zero-order valence-electron chi connectivity index (χ0n) is 14.5. The van der Waals surface area contributed by atoms with Crippen molar-refractivity contribution in [3.05, 3.63) is 24.0 Å². The molecule has 1 amide bonds. The second-order valence-electron chi connectivity index (χ2n) is 6.80. The second-order valence-corrected chi connectivity index (χ2v) is 6.80. The average molecular weight is 333 g/mol. The van der Waals surface area contributed by atoms with Gasteiger partial charge in [0.15, 0.2) is 0 Å². The molecule has 0 aromatic carbocycles. The van der Waals surface area contributed by atoms with Crippen molar-refractivity contribution in [2.24, 2.45) is 5.92 Å². The van der Waals surface area contributed by atoms with E-state index in [9.17, 15) is 4.79 Å². The van der Waals surface area contributed by atoms with Crippen LogP contribution < -0.4 is 10.2 Å². The van der Waals surface area contributed by atoms with Gasteiger partial charge in [-0.2, -0.15) is 0 Å². The van der Waals surface area contributed by atoms with Gasteiger partial charge in [0.25, 0.3) is 5.91 Å². The first-order valence-corrected chi connectivity index (χ1v) is 8.84. The van der Waals surface area contributed by atoms with Gasteiger partial charge in [-0.15, -0.1) is 0 Å². The third-order valence-electron chi connectivity index (χ3n) is 4.70. The Bertz CT molecular complexity index is 550. The number of anilines is 1. The highest BCUT2D eigenvalue weighted by molar-refractivity contribution is 5.93. The highest BCUT2D eigenvalue weighted by Crippen LogP contribution is 2.24. The molecular formula is C18H27N3O3. The number of carbonyl (C=O) groups is 1. The Kier molecular flexibility index (Phi) is 5.68. The van der Waals surface area contributed by atoms with Crippen LogP contribution in [0.5, 0.6) is 0 Å². The van der Waals surface area contributed by atoms with Gasteiger partial charge in [0.2, 0.25) is 0 Å². The Hall–Kier alpha value is -1.66. The van der Waals surface area contributed by atoms with Gasteiger partial charge >= 0.3 is 0 Å². The molecule has 6 heteroatoms. The van der Waals surface area contributed by atoms with Crippen LogP contribution in [0.1, 0.15) is 37.2 Å². The summed E-state index contributed by atoms with van der Waals surface area (Å²) in [7, 11) is 0. The van der Waals surface area contributed by atoms with E-state index in [0.29, 0.717) is 18.2 Å². The molecule has 0 bridgehead atoms. The smallest absolute Gasteiger partial charge is 0.269 e. The van der Waals surface area contributed by atoms with Gasteiger partial charge in [0.1, 0.15) is 5.69 Å². The Labute approximate surface area is 143 Å². The van der Waals surface area contributed by atoms with Crippen molar-refractivity contribution in [2.75, 3.05) is 37.7 Å². The van der Waals surface area contributed by atoms with Crippen molar-refractivity contribution in [1.82, 2.24) is 10.3 Å². The molecule has 2 saturated heterocycles. The number of hydrogen-bond acceptors (Lipinski definition) is 5. The van der Waals surface area contributed by atoms with Gasteiger partial charge in [-0.05, 0) is 44.7 Å². The molecule has 1 N–H and O–H groups in total. The van der Waals surface area contributed by atoms with Gasteiger partial charge in [0, 0.05) is 31.5 Å². The monoisotopic (exact) mass is 333 g/mol. The van der Waals surface area contributed by atoms with Crippen LogP contribution in [0.3, 0.4) is 0 Å². The van der Waals surface area contributed by atoms with Gasteiger partial charge in [-0.1, -0.05) is 0 Å². The van der Waals surface area contributed by atoms with Crippen molar-refractivity contribution in [1.29, 1.82) is 0 Å². The Balaban J connectivity index is 1.56. The number of hydrogen-bond donors (Lipinski definition) is 1. The van der Waals surface area contributed by atoms with E-state index in [1.165, 1.54) is 0 Å². The number of amides is 1. The van der Waals surface area contributed by atoms with E-state index in [2.05, 4.69) is 29.0 Å². The lowest BCUT2D eigenvalue weighted by atomic mass is 9.92. The standard InChI is InChI=1S/C18H27N3O3/c1-13-9-15(10-14(2)24-13)12-20-18(22)17-11-16(3-4-19-17)21-5-7-23-8-6-21/h3-4,11,13-15H,5-10,12H2,1-2H3,(H,20,22). The molecule has 3 heterocycles. The lowest BCUT2D eigenvalue weighted by Gasteiger charge is -2.32. The molecule has 0 aliphatic carbocycles. The summed E-state index contributed by atoms with van der Waals surface area (Å²) in [5.74, 6) is 0.368. The summed E-state index contributed by atoms with van der Waals surface area (Å²) >= 11 is 0. The number of nitrogens with one attached hydrogen (secondary N) is 1. The molecule has 0 radical (unpaired) electrons. The van der Waals surface area contributed by atoms with Crippen LogP contribution in [-0.4, -0.2) is 55.9 Å². The SMILES string of the molecule is CC1CC(CNC(=O)c2cc(N3CCOCC3)ccn2)CC(C)O1. The predicted octanol–water partition coefficient (Wildman–Crippen LogP) is 1.85. The largest absolute Gasteiger partial charge is 0.378 e. The van der Waals surface area contributed by atoms with E-state index < -0.39 is 0 Å². The van der Waals surface area contributed by atoms with Gasteiger partial charge in [-0.25, -0.2) is 0 Å². The van der Waals surface area contributed by atoms with Crippen molar-refractivity contribution >= 4 is 11.6 Å². The number of nitrogens with zero attached hydrogens (tertiary/aromatic N) is 2. The van der Waals surface area contributed by atoms with Crippen LogP contribution in [0.4, 0.5) is 5.69 Å². The number of morpholine rings is 1. The van der Waals surface area contributed by atoms with E-state index in [1.54, 1.807) is 6.20 Å². The highest BCUT2D eigenvalue weighted by atomic mass is 16.5. The fraction of sp³-hybridized carbons (Fsp3) is 0.667. The lowest BCUT2D eigenvalue weighted by molar-refractivity contribution is -0.0513. The molecule has 2 aliphatic heterocycles. The summed E-state index contributed by atoms with van der Waals surface area (Å²) < 4.78 is 11.1. The molecule has 3 rings (SSSR count). The van der Waals surface area contributed by atoms with Crippen LogP contribution in [-0.2, 0) is 9.47 Å². The Morgan fingerprint density at radius 2 is 2.00 bits per heavy atom. The summed E-state index contributed by atoms with van der Waals surface area (Å²) in [5.41, 5.74) is 1.51. The molecule has 6 nitrogen and oxygen atoms in total. The lowest BCUT2D eigenvalue weighted by Crippen LogP contribution is -2.38. The fourth-order valence-corrected chi connectivity index (χ4v) is 3.60. The third-order valence-corrected chi connectivity index (χ3v) is 4.70. The number of aromatic nitrogens is 1. The molecule has 0 spiro atoms. The molecule has 1 aromatic rings. The number of carbonyl (C=O) groups excluding carboxylic acids is 1. The summed E-state index contributed by atoms with van der Waals surface area (Å²) in [6, 6.07) is 3.82. The molecule has 24 heavy (non-hydrogen) atoms. The van der Waals surface area contributed by atoms with E-state index in [4.69, 9.17) is 9.47 Å².